The summed E-state index contributed by atoms with van der Waals surface area (Å²) in [7, 11) is 0. The number of aliphatic imine (C=N–C) groups is 1. The Bertz CT molecular complexity index is 342. The van der Waals surface area contributed by atoms with Gasteiger partial charge in [0.25, 0.3) is 0 Å². The van der Waals surface area contributed by atoms with Gasteiger partial charge in [0, 0.05) is 12.8 Å². The Hall–Kier alpha value is -0.550. The van der Waals surface area contributed by atoms with Crippen LogP contribution in [0.15, 0.2) is 15.0 Å². The summed E-state index contributed by atoms with van der Waals surface area (Å²) in [6.07, 6.45) is 4.79. The molecule has 12 heavy (non-hydrogen) atoms. The van der Waals surface area contributed by atoms with Crippen molar-refractivity contribution in [1.82, 2.24) is 10.2 Å². The quantitative estimate of drug-likeness (QED) is 0.759. The van der Waals surface area contributed by atoms with Crippen molar-refractivity contribution in [2.24, 2.45) is 4.99 Å². The average molecular weight is 244 g/mol. The Balaban J connectivity index is 2.30. The van der Waals surface area contributed by atoms with E-state index in [9.17, 15) is 0 Å². The first-order chi connectivity index (χ1) is 5.86. The molecule has 0 aliphatic carbocycles. The standard InChI is InChI=1S/C7H6BrN3S/c8-7-11-10-6(12-7)5-1-3-9-4-2-5/h1,3H,2,4H2. The van der Waals surface area contributed by atoms with Gasteiger partial charge in [0.15, 0.2) is 3.92 Å². The first kappa shape index (κ1) is 8.07. The van der Waals surface area contributed by atoms with Crippen molar-refractivity contribution < 1.29 is 0 Å². The third-order valence-electron chi connectivity index (χ3n) is 1.57. The van der Waals surface area contributed by atoms with Gasteiger partial charge in [-0.3, -0.25) is 4.99 Å². The Morgan fingerprint density at radius 3 is 2.92 bits per heavy atom. The molecule has 0 fully saturated rings. The molecule has 3 nitrogen and oxygen atoms in total. The molecule has 0 spiro atoms. The molecule has 2 rings (SSSR count). The van der Waals surface area contributed by atoms with Crippen LogP contribution in [0.2, 0.25) is 0 Å². The molecule has 5 heteroatoms. The second-order valence-electron chi connectivity index (χ2n) is 2.36. The van der Waals surface area contributed by atoms with E-state index in [4.69, 9.17) is 0 Å². The summed E-state index contributed by atoms with van der Waals surface area (Å²) >= 11 is 4.84. The van der Waals surface area contributed by atoms with E-state index < -0.39 is 0 Å². The van der Waals surface area contributed by atoms with E-state index >= 15 is 0 Å². The largest absolute Gasteiger partial charge is 0.293 e. The van der Waals surface area contributed by atoms with Gasteiger partial charge in [0.1, 0.15) is 5.01 Å². The summed E-state index contributed by atoms with van der Waals surface area (Å²) in [4.78, 5) is 4.10. The van der Waals surface area contributed by atoms with Crippen molar-refractivity contribution in [3.63, 3.8) is 0 Å². The predicted molar refractivity (Wildman–Crippen MR) is 53.6 cm³/mol. The Morgan fingerprint density at radius 2 is 2.33 bits per heavy atom. The first-order valence-electron chi connectivity index (χ1n) is 3.54. The lowest BCUT2D eigenvalue weighted by Gasteiger charge is -2.02. The fourth-order valence-electron chi connectivity index (χ4n) is 0.999. The fraction of sp³-hybridized carbons (Fsp3) is 0.286. The molecular formula is C7H6BrN3S. The van der Waals surface area contributed by atoms with E-state index in [1.165, 1.54) is 5.57 Å². The Morgan fingerprint density at radius 1 is 1.42 bits per heavy atom. The average Bonchev–Trinajstić information content (AvgIpc) is 2.54. The highest BCUT2D eigenvalue weighted by Crippen LogP contribution is 2.25. The number of aromatic nitrogens is 2. The molecule has 0 unspecified atom stereocenters. The minimum atomic E-state index is 0.834. The zero-order valence-electron chi connectivity index (χ0n) is 6.20. The van der Waals surface area contributed by atoms with Crippen LogP contribution in [0.5, 0.6) is 0 Å². The van der Waals surface area contributed by atoms with E-state index in [0.717, 1.165) is 21.9 Å². The molecule has 0 bridgehead atoms. The van der Waals surface area contributed by atoms with Crippen molar-refractivity contribution in [2.75, 3.05) is 6.54 Å². The van der Waals surface area contributed by atoms with Crippen molar-refractivity contribution in [1.29, 1.82) is 0 Å². The Kier molecular flexibility index (Phi) is 2.32. The van der Waals surface area contributed by atoms with Crippen LogP contribution in [-0.2, 0) is 0 Å². The maximum absolute atomic E-state index is 4.10. The number of hydrogen-bond donors (Lipinski definition) is 0. The van der Waals surface area contributed by atoms with Gasteiger partial charge in [0.05, 0.1) is 0 Å². The van der Waals surface area contributed by atoms with Gasteiger partial charge in [-0.1, -0.05) is 11.3 Å². The van der Waals surface area contributed by atoms with Crippen LogP contribution in [0, 0.1) is 0 Å². The highest BCUT2D eigenvalue weighted by Gasteiger charge is 2.08. The number of rotatable bonds is 1. The smallest absolute Gasteiger partial charge is 0.183 e. The summed E-state index contributed by atoms with van der Waals surface area (Å²) in [6, 6.07) is 0. The molecule has 0 radical (unpaired) electrons. The second-order valence-corrected chi connectivity index (χ2v) is 4.61. The minimum Gasteiger partial charge on any atom is -0.293 e. The molecule has 1 aliphatic heterocycles. The normalized spacial score (nSPS) is 16.2. The molecule has 0 N–H and O–H groups in total. The number of halogens is 1. The summed E-state index contributed by atoms with van der Waals surface area (Å²) in [5.74, 6) is 0. The van der Waals surface area contributed by atoms with Crippen LogP contribution in [0.4, 0.5) is 0 Å². The third-order valence-corrected chi connectivity index (χ3v) is 3.00. The maximum Gasteiger partial charge on any atom is 0.183 e. The van der Waals surface area contributed by atoms with Crippen molar-refractivity contribution in [2.45, 2.75) is 6.42 Å². The first-order valence-corrected chi connectivity index (χ1v) is 5.15. The fourth-order valence-corrected chi connectivity index (χ4v) is 2.16. The minimum absolute atomic E-state index is 0.834. The van der Waals surface area contributed by atoms with Crippen LogP contribution < -0.4 is 0 Å². The Labute approximate surface area is 82.4 Å². The molecule has 1 aromatic rings. The summed E-state index contributed by atoms with van der Waals surface area (Å²) in [6.45, 7) is 0.864. The van der Waals surface area contributed by atoms with Crippen molar-refractivity contribution >= 4 is 39.1 Å². The number of hydrogen-bond acceptors (Lipinski definition) is 4. The zero-order valence-corrected chi connectivity index (χ0v) is 8.60. The molecule has 62 valence electrons. The monoisotopic (exact) mass is 243 g/mol. The lowest BCUT2D eigenvalue weighted by atomic mass is 10.1. The van der Waals surface area contributed by atoms with E-state index in [1.807, 2.05) is 12.3 Å². The molecule has 0 aromatic carbocycles. The van der Waals surface area contributed by atoms with Gasteiger partial charge in [0.2, 0.25) is 0 Å². The van der Waals surface area contributed by atoms with E-state index in [-0.39, 0.29) is 0 Å². The number of dihydropyridines is 1. The van der Waals surface area contributed by atoms with Crippen molar-refractivity contribution in [3.05, 3.63) is 15.0 Å². The number of allylic oxidation sites excluding steroid dienone is 1. The van der Waals surface area contributed by atoms with E-state index in [2.05, 4.69) is 31.1 Å². The van der Waals surface area contributed by atoms with Crippen LogP contribution in [-0.4, -0.2) is 23.0 Å². The van der Waals surface area contributed by atoms with Gasteiger partial charge in [-0.15, -0.1) is 10.2 Å². The summed E-state index contributed by atoms with van der Waals surface area (Å²) in [5.41, 5.74) is 1.23. The zero-order chi connectivity index (χ0) is 8.39. The van der Waals surface area contributed by atoms with Gasteiger partial charge in [-0.05, 0) is 34.0 Å². The van der Waals surface area contributed by atoms with Gasteiger partial charge < -0.3 is 0 Å². The van der Waals surface area contributed by atoms with Gasteiger partial charge in [-0.2, -0.15) is 0 Å². The predicted octanol–water partition coefficient (Wildman–Crippen LogP) is 2.16. The molecule has 2 heterocycles. The van der Waals surface area contributed by atoms with Gasteiger partial charge in [-0.25, -0.2) is 0 Å². The molecule has 0 amide bonds. The topological polar surface area (TPSA) is 38.1 Å². The van der Waals surface area contributed by atoms with E-state index in [1.54, 1.807) is 11.3 Å². The highest BCUT2D eigenvalue weighted by atomic mass is 79.9. The molecular weight excluding hydrogens is 238 g/mol. The summed E-state index contributed by atoms with van der Waals surface area (Å²) < 4.78 is 0.834. The molecule has 1 aromatic heterocycles. The van der Waals surface area contributed by atoms with E-state index in [0.29, 0.717) is 0 Å². The maximum atomic E-state index is 4.10. The lowest BCUT2D eigenvalue weighted by Crippen LogP contribution is -1.93. The third kappa shape index (κ3) is 1.61. The SMILES string of the molecule is Brc1nnc(C2=CC=NCC2)s1. The van der Waals surface area contributed by atoms with Gasteiger partial charge >= 0.3 is 0 Å². The van der Waals surface area contributed by atoms with Crippen LogP contribution >= 0.6 is 27.3 Å². The summed E-state index contributed by atoms with van der Waals surface area (Å²) in [5, 5.41) is 8.92. The molecule has 0 atom stereocenters. The molecule has 0 saturated heterocycles. The lowest BCUT2D eigenvalue weighted by molar-refractivity contribution is 0.991. The number of nitrogens with zero attached hydrogens (tertiary/aromatic N) is 3. The van der Waals surface area contributed by atoms with Crippen LogP contribution in [0.1, 0.15) is 11.4 Å². The molecule has 0 saturated carbocycles. The molecule has 1 aliphatic rings. The van der Waals surface area contributed by atoms with Crippen LogP contribution in [0.3, 0.4) is 0 Å². The van der Waals surface area contributed by atoms with Crippen LogP contribution in [0.25, 0.3) is 5.57 Å². The van der Waals surface area contributed by atoms with Crippen molar-refractivity contribution in [3.8, 4) is 0 Å². The second kappa shape index (κ2) is 3.45. The highest BCUT2D eigenvalue weighted by molar-refractivity contribution is 9.11.